The number of benzene rings is 2. The number of aliphatic carboxylic acids is 1. The third-order valence-electron chi connectivity index (χ3n) is 3.65. The lowest BCUT2D eigenvalue weighted by Crippen LogP contribution is -2.21. The van der Waals surface area contributed by atoms with E-state index in [1.807, 2.05) is 19.9 Å². The molecule has 1 unspecified atom stereocenters. The number of carboxylic acid groups (broad SMARTS) is 1. The molecule has 0 bridgehead atoms. The van der Waals surface area contributed by atoms with E-state index in [-0.39, 0.29) is 6.10 Å². The Labute approximate surface area is 153 Å². The van der Waals surface area contributed by atoms with Crippen LogP contribution in [0.2, 0.25) is 0 Å². The molecule has 6 nitrogen and oxygen atoms in total. The van der Waals surface area contributed by atoms with Crippen LogP contribution >= 0.6 is 0 Å². The fraction of sp³-hybridized carbons (Fsp3) is 0.300. The van der Waals surface area contributed by atoms with Crippen molar-refractivity contribution < 1.29 is 19.4 Å². The number of anilines is 1. The largest absolute Gasteiger partial charge is 0.491 e. The second-order valence-corrected chi connectivity index (χ2v) is 6.07. The quantitative estimate of drug-likeness (QED) is 0.750. The van der Waals surface area contributed by atoms with Gasteiger partial charge in [-0.3, -0.25) is 0 Å². The monoisotopic (exact) mass is 354 g/mol. The van der Waals surface area contributed by atoms with Gasteiger partial charge in [0.2, 0.25) is 0 Å². The molecule has 0 saturated heterocycles. The molecule has 0 fully saturated rings. The lowest BCUT2D eigenvalue weighted by atomic mass is 10.0. The van der Waals surface area contributed by atoms with Gasteiger partial charge < -0.3 is 19.9 Å². The summed E-state index contributed by atoms with van der Waals surface area (Å²) in [5, 5.41) is 21.5. The Balaban J connectivity index is 2.32. The summed E-state index contributed by atoms with van der Waals surface area (Å²) in [4.78, 5) is 11.8. The molecule has 26 heavy (non-hydrogen) atoms. The van der Waals surface area contributed by atoms with Crippen molar-refractivity contribution in [2.75, 3.05) is 12.4 Å². The number of hydrogen-bond donors (Lipinski definition) is 2. The Morgan fingerprint density at radius 1 is 1.23 bits per heavy atom. The smallest absolute Gasteiger partial charge is 0.330 e. The van der Waals surface area contributed by atoms with Crippen molar-refractivity contribution in [2.24, 2.45) is 0 Å². The van der Waals surface area contributed by atoms with Gasteiger partial charge in [0, 0.05) is 18.4 Å². The number of hydrogen-bond acceptors (Lipinski definition) is 5. The van der Waals surface area contributed by atoms with Crippen molar-refractivity contribution in [1.29, 1.82) is 5.26 Å². The summed E-state index contributed by atoms with van der Waals surface area (Å²) < 4.78 is 11.0. The minimum absolute atomic E-state index is 0.00324. The van der Waals surface area contributed by atoms with E-state index >= 15 is 0 Å². The lowest BCUT2D eigenvalue weighted by molar-refractivity contribution is -0.138. The number of nitrogens with zero attached hydrogens (tertiary/aromatic N) is 1. The minimum atomic E-state index is -1.00. The van der Waals surface area contributed by atoms with Crippen molar-refractivity contribution in [1.82, 2.24) is 0 Å². The van der Waals surface area contributed by atoms with Gasteiger partial charge in [0.05, 0.1) is 24.3 Å². The second kappa shape index (κ2) is 8.88. The molecule has 2 rings (SSSR count). The number of nitriles is 1. The zero-order valence-electron chi connectivity index (χ0n) is 15.0. The summed E-state index contributed by atoms with van der Waals surface area (Å²) in [5.41, 5.74) is 2.50. The van der Waals surface area contributed by atoms with Gasteiger partial charge in [0.25, 0.3) is 0 Å². The van der Waals surface area contributed by atoms with Gasteiger partial charge in [0.15, 0.2) is 6.04 Å². The number of carboxylic acids is 1. The van der Waals surface area contributed by atoms with Crippen LogP contribution in [0.4, 0.5) is 5.69 Å². The average Bonchev–Trinajstić information content (AvgIpc) is 2.61. The number of nitrogens with one attached hydrogen (secondary N) is 1. The van der Waals surface area contributed by atoms with E-state index in [0.717, 1.165) is 5.56 Å². The van der Waals surface area contributed by atoms with E-state index in [4.69, 9.17) is 14.7 Å². The van der Waals surface area contributed by atoms with Crippen LogP contribution in [0.1, 0.15) is 36.6 Å². The molecule has 2 aromatic carbocycles. The Bertz CT molecular complexity index is 794. The van der Waals surface area contributed by atoms with Crippen molar-refractivity contribution in [3.8, 4) is 11.8 Å². The van der Waals surface area contributed by atoms with Gasteiger partial charge >= 0.3 is 5.97 Å². The van der Waals surface area contributed by atoms with Crippen LogP contribution in [0.3, 0.4) is 0 Å². The molecule has 0 aliphatic heterocycles. The lowest BCUT2D eigenvalue weighted by Gasteiger charge is -2.19. The highest BCUT2D eigenvalue weighted by Gasteiger charge is 2.21. The van der Waals surface area contributed by atoms with Gasteiger partial charge in [-0.2, -0.15) is 5.26 Å². The zero-order valence-corrected chi connectivity index (χ0v) is 15.0. The van der Waals surface area contributed by atoms with Gasteiger partial charge in [0.1, 0.15) is 5.75 Å². The van der Waals surface area contributed by atoms with Crippen molar-refractivity contribution in [2.45, 2.75) is 32.6 Å². The highest BCUT2D eigenvalue weighted by atomic mass is 16.5. The van der Waals surface area contributed by atoms with E-state index in [9.17, 15) is 9.90 Å². The van der Waals surface area contributed by atoms with Crippen molar-refractivity contribution in [3.63, 3.8) is 0 Å². The number of ether oxygens (including phenoxy) is 2. The van der Waals surface area contributed by atoms with Gasteiger partial charge in [-0.25, -0.2) is 4.79 Å². The molecule has 1 atom stereocenters. The van der Waals surface area contributed by atoms with Crippen LogP contribution in [-0.2, 0) is 16.1 Å². The number of carbonyl (C=O) groups is 1. The molecule has 2 aromatic rings. The fourth-order valence-corrected chi connectivity index (χ4v) is 2.51. The molecule has 2 N–H and O–H groups in total. The molecule has 0 aliphatic carbocycles. The molecule has 0 aliphatic rings. The highest BCUT2D eigenvalue weighted by molar-refractivity contribution is 5.79. The summed E-state index contributed by atoms with van der Waals surface area (Å²) in [7, 11) is 1.58. The maximum Gasteiger partial charge on any atom is 0.330 e. The van der Waals surface area contributed by atoms with Crippen LogP contribution in [0.5, 0.6) is 5.75 Å². The SMILES string of the molecule is COCc1cc(C(Nc2ccc(C#N)cc2)C(=O)O)ccc1OC(C)C. The molecule has 0 saturated carbocycles. The van der Waals surface area contributed by atoms with E-state index in [1.54, 1.807) is 49.6 Å². The Hall–Kier alpha value is -3.04. The molecule has 0 spiro atoms. The fourth-order valence-electron chi connectivity index (χ4n) is 2.51. The zero-order chi connectivity index (χ0) is 19.1. The summed E-state index contributed by atoms with van der Waals surface area (Å²) in [6, 6.07) is 13.0. The molecule has 0 radical (unpaired) electrons. The van der Waals surface area contributed by atoms with E-state index in [0.29, 0.717) is 29.2 Å². The molecule has 0 amide bonds. The predicted molar refractivity (Wildman–Crippen MR) is 98.1 cm³/mol. The standard InChI is InChI=1S/C20H22N2O4/c1-13(2)26-18-9-6-15(10-16(18)12-25-3)19(20(23)24)22-17-7-4-14(11-21)5-8-17/h4-10,13,19,22H,12H2,1-3H3,(H,23,24). The van der Waals surface area contributed by atoms with Crippen LogP contribution in [0, 0.1) is 11.3 Å². The first-order valence-corrected chi connectivity index (χ1v) is 8.22. The summed E-state index contributed by atoms with van der Waals surface area (Å²) in [5.74, 6) is -0.330. The van der Waals surface area contributed by atoms with Crippen LogP contribution in [0.15, 0.2) is 42.5 Å². The van der Waals surface area contributed by atoms with Crippen LogP contribution in [-0.4, -0.2) is 24.3 Å². The van der Waals surface area contributed by atoms with Gasteiger partial charge in [-0.1, -0.05) is 6.07 Å². The minimum Gasteiger partial charge on any atom is -0.491 e. The first-order valence-electron chi connectivity index (χ1n) is 8.22. The van der Waals surface area contributed by atoms with Crippen LogP contribution < -0.4 is 10.1 Å². The Morgan fingerprint density at radius 3 is 2.46 bits per heavy atom. The third kappa shape index (κ3) is 4.98. The average molecular weight is 354 g/mol. The first-order chi connectivity index (χ1) is 12.4. The third-order valence-corrected chi connectivity index (χ3v) is 3.65. The summed E-state index contributed by atoms with van der Waals surface area (Å²) in [6.07, 6.45) is 0.00324. The molecular weight excluding hydrogens is 332 g/mol. The first kappa shape index (κ1) is 19.3. The topological polar surface area (TPSA) is 91.6 Å². The van der Waals surface area contributed by atoms with Gasteiger partial charge in [-0.15, -0.1) is 0 Å². The second-order valence-electron chi connectivity index (χ2n) is 6.07. The molecule has 6 heteroatoms. The van der Waals surface area contributed by atoms with Crippen molar-refractivity contribution >= 4 is 11.7 Å². The molecule has 0 aromatic heterocycles. The van der Waals surface area contributed by atoms with E-state index < -0.39 is 12.0 Å². The summed E-state index contributed by atoms with van der Waals surface area (Å²) >= 11 is 0. The van der Waals surface area contributed by atoms with Crippen molar-refractivity contribution in [3.05, 3.63) is 59.2 Å². The Morgan fingerprint density at radius 2 is 1.92 bits per heavy atom. The maximum atomic E-state index is 11.8. The predicted octanol–water partition coefficient (Wildman–Crippen LogP) is 3.73. The summed E-state index contributed by atoms with van der Waals surface area (Å²) in [6.45, 7) is 4.17. The molecule has 0 heterocycles. The molecular formula is C20H22N2O4. The van der Waals surface area contributed by atoms with Gasteiger partial charge in [-0.05, 0) is 55.8 Å². The highest BCUT2D eigenvalue weighted by Crippen LogP contribution is 2.27. The van der Waals surface area contributed by atoms with Crippen LogP contribution in [0.25, 0.3) is 0 Å². The molecule has 136 valence electrons. The normalized spacial score (nSPS) is 11.7. The number of rotatable bonds is 8. The van der Waals surface area contributed by atoms with E-state index in [1.165, 1.54) is 0 Å². The number of methoxy groups -OCH3 is 1. The maximum absolute atomic E-state index is 11.8. The van der Waals surface area contributed by atoms with E-state index in [2.05, 4.69) is 5.32 Å². The Kier molecular flexibility index (Phi) is 6.59.